The first kappa shape index (κ1) is 15.5. The number of carbonyl (C=O) groups is 2. The second-order valence-corrected chi connectivity index (χ2v) is 4.19. The SMILES string of the molecule is CCOc1ccc(OC(=O)c2cccc(C(=O)OC)n2)cc1. The van der Waals surface area contributed by atoms with Gasteiger partial charge in [0.15, 0.2) is 0 Å². The number of esters is 2. The number of benzene rings is 1. The van der Waals surface area contributed by atoms with E-state index in [1.807, 2.05) is 6.92 Å². The van der Waals surface area contributed by atoms with Crippen molar-refractivity contribution in [3.8, 4) is 11.5 Å². The molecule has 0 bridgehead atoms. The first-order valence-electron chi connectivity index (χ1n) is 6.64. The van der Waals surface area contributed by atoms with Gasteiger partial charge in [-0.3, -0.25) is 0 Å². The molecule has 0 spiro atoms. The van der Waals surface area contributed by atoms with E-state index >= 15 is 0 Å². The molecule has 6 nitrogen and oxygen atoms in total. The van der Waals surface area contributed by atoms with Crippen LogP contribution in [0.4, 0.5) is 0 Å². The summed E-state index contributed by atoms with van der Waals surface area (Å²) in [4.78, 5) is 27.3. The van der Waals surface area contributed by atoms with Crippen LogP contribution < -0.4 is 9.47 Å². The Labute approximate surface area is 127 Å². The van der Waals surface area contributed by atoms with Gasteiger partial charge in [0.1, 0.15) is 22.9 Å². The Morgan fingerprint density at radius 2 is 1.55 bits per heavy atom. The zero-order chi connectivity index (χ0) is 15.9. The van der Waals surface area contributed by atoms with E-state index in [0.717, 1.165) is 0 Å². The average molecular weight is 301 g/mol. The minimum atomic E-state index is -0.657. The lowest BCUT2D eigenvalue weighted by molar-refractivity contribution is 0.0593. The van der Waals surface area contributed by atoms with Gasteiger partial charge in [0.2, 0.25) is 0 Å². The Bertz CT molecular complexity index is 666. The second-order valence-electron chi connectivity index (χ2n) is 4.19. The quantitative estimate of drug-likeness (QED) is 0.624. The van der Waals surface area contributed by atoms with Crippen LogP contribution in [0.2, 0.25) is 0 Å². The number of ether oxygens (including phenoxy) is 3. The normalized spacial score (nSPS) is 9.91. The van der Waals surface area contributed by atoms with Gasteiger partial charge < -0.3 is 14.2 Å². The highest BCUT2D eigenvalue weighted by molar-refractivity contribution is 5.92. The van der Waals surface area contributed by atoms with E-state index in [1.54, 1.807) is 24.3 Å². The molecule has 6 heteroatoms. The van der Waals surface area contributed by atoms with Gasteiger partial charge >= 0.3 is 11.9 Å². The summed E-state index contributed by atoms with van der Waals surface area (Å²) in [6.07, 6.45) is 0. The summed E-state index contributed by atoms with van der Waals surface area (Å²) in [7, 11) is 1.24. The van der Waals surface area contributed by atoms with Crippen molar-refractivity contribution in [3.63, 3.8) is 0 Å². The first-order chi connectivity index (χ1) is 10.6. The van der Waals surface area contributed by atoms with Crippen LogP contribution >= 0.6 is 0 Å². The Hall–Kier alpha value is -2.89. The summed E-state index contributed by atoms with van der Waals surface area (Å²) >= 11 is 0. The monoisotopic (exact) mass is 301 g/mol. The molecule has 0 aliphatic rings. The lowest BCUT2D eigenvalue weighted by Crippen LogP contribution is -2.13. The number of rotatable bonds is 5. The zero-order valence-electron chi connectivity index (χ0n) is 12.2. The summed E-state index contributed by atoms with van der Waals surface area (Å²) in [5.41, 5.74) is 0.0698. The largest absolute Gasteiger partial charge is 0.494 e. The molecular formula is C16H15NO5. The number of nitrogens with zero attached hydrogens (tertiary/aromatic N) is 1. The molecule has 0 atom stereocenters. The maximum absolute atomic E-state index is 12.0. The highest BCUT2D eigenvalue weighted by atomic mass is 16.5. The molecule has 0 saturated heterocycles. The lowest BCUT2D eigenvalue weighted by Gasteiger charge is -2.06. The van der Waals surface area contributed by atoms with E-state index in [9.17, 15) is 9.59 Å². The molecule has 114 valence electrons. The fraction of sp³-hybridized carbons (Fsp3) is 0.188. The van der Waals surface area contributed by atoms with E-state index in [0.29, 0.717) is 18.1 Å². The van der Waals surface area contributed by atoms with Crippen molar-refractivity contribution in [2.45, 2.75) is 6.92 Å². The molecule has 0 N–H and O–H groups in total. The third-order valence-corrected chi connectivity index (χ3v) is 2.70. The van der Waals surface area contributed by atoms with Gasteiger partial charge in [-0.25, -0.2) is 14.6 Å². The molecule has 2 rings (SSSR count). The molecule has 0 amide bonds. The van der Waals surface area contributed by atoms with Crippen LogP contribution in [0, 0.1) is 0 Å². The van der Waals surface area contributed by atoms with E-state index in [1.165, 1.54) is 25.3 Å². The molecule has 0 aliphatic carbocycles. The van der Waals surface area contributed by atoms with Crippen molar-refractivity contribution in [2.24, 2.45) is 0 Å². The fourth-order valence-corrected chi connectivity index (χ4v) is 1.70. The molecule has 1 aromatic carbocycles. The Morgan fingerprint density at radius 3 is 2.14 bits per heavy atom. The van der Waals surface area contributed by atoms with Crippen molar-refractivity contribution in [1.82, 2.24) is 4.98 Å². The summed E-state index contributed by atoms with van der Waals surface area (Å²) in [6.45, 7) is 2.44. The van der Waals surface area contributed by atoms with Crippen molar-refractivity contribution >= 4 is 11.9 Å². The molecule has 1 aromatic heterocycles. The van der Waals surface area contributed by atoms with E-state index in [4.69, 9.17) is 9.47 Å². The number of pyridine rings is 1. The predicted octanol–water partition coefficient (Wildman–Crippen LogP) is 2.49. The van der Waals surface area contributed by atoms with Crippen molar-refractivity contribution in [1.29, 1.82) is 0 Å². The van der Waals surface area contributed by atoms with E-state index in [2.05, 4.69) is 9.72 Å². The van der Waals surface area contributed by atoms with Crippen molar-refractivity contribution in [3.05, 3.63) is 53.9 Å². The molecular weight excluding hydrogens is 286 g/mol. The average Bonchev–Trinajstić information content (AvgIpc) is 2.56. The van der Waals surface area contributed by atoms with Crippen LogP contribution in [-0.2, 0) is 4.74 Å². The van der Waals surface area contributed by atoms with Crippen LogP contribution in [-0.4, -0.2) is 30.6 Å². The molecule has 22 heavy (non-hydrogen) atoms. The molecule has 1 heterocycles. The summed E-state index contributed by atoms with van der Waals surface area (Å²) in [5.74, 6) is -0.225. The zero-order valence-corrected chi connectivity index (χ0v) is 12.2. The minimum Gasteiger partial charge on any atom is -0.494 e. The lowest BCUT2D eigenvalue weighted by atomic mass is 10.3. The third-order valence-electron chi connectivity index (χ3n) is 2.70. The highest BCUT2D eigenvalue weighted by Crippen LogP contribution is 2.18. The minimum absolute atomic E-state index is 0.0248. The van der Waals surface area contributed by atoms with E-state index in [-0.39, 0.29) is 11.4 Å². The number of carbonyl (C=O) groups excluding carboxylic acids is 2. The smallest absolute Gasteiger partial charge is 0.362 e. The van der Waals surface area contributed by atoms with Crippen LogP contribution in [0.15, 0.2) is 42.5 Å². The van der Waals surface area contributed by atoms with Gasteiger partial charge in [0, 0.05) is 0 Å². The van der Waals surface area contributed by atoms with Crippen LogP contribution in [0.3, 0.4) is 0 Å². The molecule has 2 aromatic rings. The number of methoxy groups -OCH3 is 1. The van der Waals surface area contributed by atoms with Gasteiger partial charge in [-0.1, -0.05) is 6.07 Å². The molecule has 0 aliphatic heterocycles. The van der Waals surface area contributed by atoms with Gasteiger partial charge in [-0.05, 0) is 43.3 Å². The third kappa shape index (κ3) is 3.82. The number of aromatic nitrogens is 1. The molecule has 0 radical (unpaired) electrons. The summed E-state index contributed by atoms with van der Waals surface area (Å²) < 4.78 is 15.1. The standard InChI is InChI=1S/C16H15NO5/c1-3-21-11-7-9-12(10-8-11)22-16(19)14-6-4-5-13(17-14)15(18)20-2/h4-10H,3H2,1-2H3. The fourth-order valence-electron chi connectivity index (χ4n) is 1.70. The maximum Gasteiger partial charge on any atom is 0.362 e. The van der Waals surface area contributed by atoms with Gasteiger partial charge in [0.25, 0.3) is 0 Å². The second kappa shape index (κ2) is 7.21. The Balaban J connectivity index is 2.10. The van der Waals surface area contributed by atoms with Crippen molar-refractivity contribution < 1.29 is 23.8 Å². The first-order valence-corrected chi connectivity index (χ1v) is 6.64. The van der Waals surface area contributed by atoms with Crippen molar-refractivity contribution in [2.75, 3.05) is 13.7 Å². The predicted molar refractivity (Wildman–Crippen MR) is 78.1 cm³/mol. The molecule has 0 saturated carbocycles. The summed E-state index contributed by atoms with van der Waals surface area (Å²) in [5, 5.41) is 0. The Kier molecular flexibility index (Phi) is 5.08. The van der Waals surface area contributed by atoms with Crippen LogP contribution in [0.5, 0.6) is 11.5 Å². The molecule has 0 unspecified atom stereocenters. The highest BCUT2D eigenvalue weighted by Gasteiger charge is 2.14. The van der Waals surface area contributed by atoms with Gasteiger partial charge in [-0.15, -0.1) is 0 Å². The van der Waals surface area contributed by atoms with Gasteiger partial charge in [0.05, 0.1) is 13.7 Å². The van der Waals surface area contributed by atoms with Crippen LogP contribution in [0.25, 0.3) is 0 Å². The summed E-state index contributed by atoms with van der Waals surface area (Å²) in [6, 6.07) is 11.1. The molecule has 0 fully saturated rings. The topological polar surface area (TPSA) is 74.7 Å². The number of hydrogen-bond acceptors (Lipinski definition) is 6. The number of hydrogen-bond donors (Lipinski definition) is 0. The maximum atomic E-state index is 12.0. The Morgan fingerprint density at radius 1 is 0.955 bits per heavy atom. The van der Waals surface area contributed by atoms with E-state index < -0.39 is 11.9 Å². The van der Waals surface area contributed by atoms with Gasteiger partial charge in [-0.2, -0.15) is 0 Å². The van der Waals surface area contributed by atoms with Crippen LogP contribution in [0.1, 0.15) is 27.9 Å².